The molecule has 0 atom stereocenters. The number of urea groups is 1. The van der Waals surface area contributed by atoms with Crippen LogP contribution in [0.4, 0.5) is 16.2 Å². The third-order valence-corrected chi connectivity index (χ3v) is 3.68. The van der Waals surface area contributed by atoms with Crippen molar-refractivity contribution in [1.82, 2.24) is 5.43 Å². The van der Waals surface area contributed by atoms with Crippen LogP contribution in [0, 0.1) is 0 Å². The summed E-state index contributed by atoms with van der Waals surface area (Å²) in [4.78, 5) is 14.0. The molecule has 1 aliphatic rings. The van der Waals surface area contributed by atoms with Crippen LogP contribution in [-0.4, -0.2) is 38.5 Å². The Balaban J connectivity index is 1.50. The van der Waals surface area contributed by atoms with E-state index in [-0.39, 0.29) is 6.03 Å². The first-order valence-electron chi connectivity index (χ1n) is 7.89. The van der Waals surface area contributed by atoms with E-state index >= 15 is 0 Å². The van der Waals surface area contributed by atoms with E-state index in [2.05, 4.69) is 32.9 Å². The molecule has 2 N–H and O–H groups in total. The van der Waals surface area contributed by atoms with Gasteiger partial charge in [0, 0.05) is 24.5 Å². The Bertz CT molecular complexity index is 680. The summed E-state index contributed by atoms with van der Waals surface area (Å²) in [6.07, 6.45) is 1.62. The minimum atomic E-state index is -0.373. The molecule has 6 heteroatoms. The number of para-hydroxylation sites is 1. The molecule has 1 heterocycles. The average Bonchev–Trinajstić information content (AvgIpc) is 2.64. The molecule has 1 aliphatic heterocycles. The average molecular weight is 324 g/mol. The first-order chi connectivity index (χ1) is 11.8. The molecule has 0 aromatic heterocycles. The first-order valence-corrected chi connectivity index (χ1v) is 7.89. The number of amides is 2. The Kier molecular flexibility index (Phi) is 5.42. The number of benzene rings is 2. The van der Waals surface area contributed by atoms with Gasteiger partial charge in [-0.25, -0.2) is 10.2 Å². The number of carbonyl (C=O) groups is 1. The van der Waals surface area contributed by atoms with E-state index in [1.165, 1.54) is 5.69 Å². The Hall–Kier alpha value is -2.86. The first kappa shape index (κ1) is 16.0. The van der Waals surface area contributed by atoms with E-state index in [0.717, 1.165) is 37.6 Å². The van der Waals surface area contributed by atoms with Crippen LogP contribution in [0.1, 0.15) is 5.56 Å². The molecule has 24 heavy (non-hydrogen) atoms. The zero-order valence-electron chi connectivity index (χ0n) is 13.3. The van der Waals surface area contributed by atoms with E-state index in [9.17, 15) is 4.79 Å². The van der Waals surface area contributed by atoms with Gasteiger partial charge in [0.25, 0.3) is 0 Å². The topological polar surface area (TPSA) is 66.0 Å². The molecule has 0 unspecified atom stereocenters. The monoisotopic (exact) mass is 324 g/mol. The number of rotatable bonds is 4. The molecule has 0 spiro atoms. The van der Waals surface area contributed by atoms with Gasteiger partial charge in [0.15, 0.2) is 0 Å². The molecular weight excluding hydrogens is 304 g/mol. The van der Waals surface area contributed by atoms with Crippen molar-refractivity contribution >= 4 is 23.6 Å². The van der Waals surface area contributed by atoms with Gasteiger partial charge in [-0.15, -0.1) is 0 Å². The second-order valence-electron chi connectivity index (χ2n) is 5.38. The van der Waals surface area contributed by atoms with Crippen LogP contribution in [-0.2, 0) is 4.74 Å². The number of anilines is 2. The summed E-state index contributed by atoms with van der Waals surface area (Å²) in [5.41, 5.74) is 5.27. The quantitative estimate of drug-likeness (QED) is 0.671. The van der Waals surface area contributed by atoms with Crippen molar-refractivity contribution in [1.29, 1.82) is 0 Å². The van der Waals surface area contributed by atoms with Crippen molar-refractivity contribution in [3.63, 3.8) is 0 Å². The molecule has 124 valence electrons. The van der Waals surface area contributed by atoms with Crippen LogP contribution in [0.3, 0.4) is 0 Å². The van der Waals surface area contributed by atoms with Gasteiger partial charge in [0.05, 0.1) is 19.4 Å². The smallest absolute Gasteiger partial charge is 0.339 e. The highest BCUT2D eigenvalue weighted by molar-refractivity contribution is 5.90. The summed E-state index contributed by atoms with van der Waals surface area (Å²) in [5, 5.41) is 6.66. The fourth-order valence-corrected chi connectivity index (χ4v) is 2.44. The van der Waals surface area contributed by atoms with Crippen molar-refractivity contribution in [3.05, 3.63) is 60.2 Å². The third-order valence-electron chi connectivity index (χ3n) is 3.68. The predicted molar refractivity (Wildman–Crippen MR) is 95.7 cm³/mol. The Morgan fingerprint density at radius 1 is 1.04 bits per heavy atom. The third kappa shape index (κ3) is 4.57. The zero-order valence-corrected chi connectivity index (χ0v) is 13.3. The van der Waals surface area contributed by atoms with Gasteiger partial charge in [-0.05, 0) is 29.8 Å². The summed E-state index contributed by atoms with van der Waals surface area (Å²) in [5.74, 6) is 0. The Morgan fingerprint density at radius 2 is 1.75 bits per heavy atom. The number of hydrogen-bond acceptors (Lipinski definition) is 4. The molecule has 2 aromatic rings. The largest absolute Gasteiger partial charge is 0.378 e. The summed E-state index contributed by atoms with van der Waals surface area (Å²) >= 11 is 0. The number of carbonyl (C=O) groups excluding carboxylic acids is 1. The fraction of sp³-hybridized carbons (Fsp3) is 0.222. The van der Waals surface area contributed by atoms with Crippen molar-refractivity contribution < 1.29 is 9.53 Å². The highest BCUT2D eigenvalue weighted by atomic mass is 16.5. The van der Waals surface area contributed by atoms with Crippen molar-refractivity contribution in [3.8, 4) is 0 Å². The second kappa shape index (κ2) is 8.12. The summed E-state index contributed by atoms with van der Waals surface area (Å²) < 4.78 is 5.35. The van der Waals surface area contributed by atoms with Crippen LogP contribution < -0.4 is 15.6 Å². The molecule has 2 amide bonds. The lowest BCUT2D eigenvalue weighted by Gasteiger charge is -2.28. The molecule has 0 bridgehead atoms. The zero-order chi connectivity index (χ0) is 16.6. The second-order valence-corrected chi connectivity index (χ2v) is 5.38. The van der Waals surface area contributed by atoms with Gasteiger partial charge in [0.1, 0.15) is 0 Å². The summed E-state index contributed by atoms with van der Waals surface area (Å²) in [7, 11) is 0. The highest BCUT2D eigenvalue weighted by Crippen LogP contribution is 2.15. The van der Waals surface area contributed by atoms with Crippen LogP contribution in [0.15, 0.2) is 59.7 Å². The SMILES string of the molecule is O=C(NN=Cc1ccc(N2CCOCC2)cc1)Nc1ccccc1. The van der Waals surface area contributed by atoms with Gasteiger partial charge in [-0.2, -0.15) is 5.10 Å². The highest BCUT2D eigenvalue weighted by Gasteiger charge is 2.10. The van der Waals surface area contributed by atoms with Crippen LogP contribution in [0.5, 0.6) is 0 Å². The number of nitrogens with one attached hydrogen (secondary N) is 2. The van der Waals surface area contributed by atoms with Crippen LogP contribution in [0.2, 0.25) is 0 Å². The number of hydrazone groups is 1. The number of morpholine rings is 1. The number of ether oxygens (including phenoxy) is 1. The number of nitrogens with zero attached hydrogens (tertiary/aromatic N) is 2. The van der Waals surface area contributed by atoms with Crippen LogP contribution >= 0.6 is 0 Å². The summed E-state index contributed by atoms with van der Waals surface area (Å²) in [6, 6.07) is 16.9. The van der Waals surface area contributed by atoms with Gasteiger partial charge in [0.2, 0.25) is 0 Å². The normalized spacial score (nSPS) is 14.6. The minimum Gasteiger partial charge on any atom is -0.378 e. The van der Waals surface area contributed by atoms with Crippen LogP contribution in [0.25, 0.3) is 0 Å². The number of hydrogen-bond donors (Lipinski definition) is 2. The van der Waals surface area contributed by atoms with E-state index in [1.807, 2.05) is 42.5 Å². The molecule has 0 saturated carbocycles. The molecule has 0 aliphatic carbocycles. The molecule has 0 radical (unpaired) electrons. The minimum absolute atomic E-state index is 0.373. The fourth-order valence-electron chi connectivity index (χ4n) is 2.44. The van der Waals surface area contributed by atoms with Crippen molar-refractivity contribution in [2.75, 3.05) is 36.5 Å². The van der Waals surface area contributed by atoms with E-state index in [4.69, 9.17) is 4.74 Å². The van der Waals surface area contributed by atoms with Gasteiger partial charge < -0.3 is 15.0 Å². The molecular formula is C18H20N4O2. The lowest BCUT2D eigenvalue weighted by atomic mass is 10.2. The van der Waals surface area contributed by atoms with E-state index in [1.54, 1.807) is 6.21 Å². The Labute approximate surface area is 141 Å². The maximum absolute atomic E-state index is 11.7. The molecule has 1 saturated heterocycles. The van der Waals surface area contributed by atoms with Crippen molar-refractivity contribution in [2.24, 2.45) is 5.10 Å². The van der Waals surface area contributed by atoms with Gasteiger partial charge in [-0.1, -0.05) is 30.3 Å². The lowest BCUT2D eigenvalue weighted by Crippen LogP contribution is -2.36. The Morgan fingerprint density at radius 3 is 2.46 bits per heavy atom. The molecule has 1 fully saturated rings. The maximum Gasteiger partial charge on any atom is 0.339 e. The van der Waals surface area contributed by atoms with E-state index in [0.29, 0.717) is 0 Å². The predicted octanol–water partition coefficient (Wildman–Crippen LogP) is 2.68. The standard InChI is InChI=1S/C18H20N4O2/c23-18(20-16-4-2-1-3-5-16)21-19-14-15-6-8-17(9-7-15)22-10-12-24-13-11-22/h1-9,14H,10-13H2,(H2,20,21,23). The molecule has 2 aromatic carbocycles. The van der Waals surface area contributed by atoms with Gasteiger partial charge >= 0.3 is 6.03 Å². The maximum atomic E-state index is 11.7. The summed E-state index contributed by atoms with van der Waals surface area (Å²) in [6.45, 7) is 3.36. The van der Waals surface area contributed by atoms with Crippen molar-refractivity contribution in [2.45, 2.75) is 0 Å². The van der Waals surface area contributed by atoms with E-state index < -0.39 is 0 Å². The molecule has 3 rings (SSSR count). The molecule has 6 nitrogen and oxygen atoms in total. The van der Waals surface area contributed by atoms with Gasteiger partial charge in [-0.3, -0.25) is 0 Å². The lowest BCUT2D eigenvalue weighted by molar-refractivity contribution is 0.122.